The van der Waals surface area contributed by atoms with Gasteiger partial charge in [-0.2, -0.15) is 0 Å². The molecule has 0 unspecified atom stereocenters. The Morgan fingerprint density at radius 1 is 0.714 bits per heavy atom. The first-order chi connectivity index (χ1) is 10.0. The van der Waals surface area contributed by atoms with Crippen LogP contribution in [0.1, 0.15) is 26.3 Å². The molecule has 0 saturated carbocycles. The van der Waals surface area contributed by atoms with E-state index in [0.717, 1.165) is 0 Å². The van der Waals surface area contributed by atoms with E-state index in [2.05, 4.69) is 86.8 Å². The molecule has 1 heterocycles. The maximum absolute atomic E-state index is 2.28. The summed E-state index contributed by atoms with van der Waals surface area (Å²) in [5.41, 5.74) is 5.48. The van der Waals surface area contributed by atoms with E-state index in [1.54, 1.807) is 0 Å². The summed E-state index contributed by atoms with van der Waals surface area (Å²) in [6, 6.07) is 21.8. The van der Waals surface area contributed by atoms with Gasteiger partial charge in [0.1, 0.15) is 0 Å². The topological polar surface area (TPSA) is 0 Å². The van der Waals surface area contributed by atoms with Crippen molar-refractivity contribution in [3.8, 4) is 21.6 Å². The van der Waals surface area contributed by atoms with Gasteiger partial charge in [-0.1, -0.05) is 75.4 Å². The van der Waals surface area contributed by atoms with Crippen molar-refractivity contribution in [3.05, 3.63) is 71.6 Å². The molecule has 0 aliphatic rings. The third-order valence-corrected chi connectivity index (χ3v) is 4.72. The van der Waals surface area contributed by atoms with Crippen LogP contribution in [0.3, 0.4) is 0 Å². The van der Waals surface area contributed by atoms with Gasteiger partial charge in [0, 0.05) is 4.88 Å². The first kappa shape index (κ1) is 14.1. The molecule has 0 nitrogen and oxygen atoms in total. The van der Waals surface area contributed by atoms with Crippen molar-refractivity contribution in [1.29, 1.82) is 0 Å². The molecule has 2 aromatic carbocycles. The van der Waals surface area contributed by atoms with E-state index in [-0.39, 0.29) is 5.41 Å². The fourth-order valence-electron chi connectivity index (χ4n) is 2.40. The summed E-state index contributed by atoms with van der Waals surface area (Å²) in [6.45, 7) is 6.75. The normalized spacial score (nSPS) is 11.6. The number of thiophene rings is 1. The van der Waals surface area contributed by atoms with Crippen LogP contribution in [0.25, 0.3) is 21.6 Å². The van der Waals surface area contributed by atoms with Crippen LogP contribution < -0.4 is 0 Å². The number of hydrogen-bond acceptors (Lipinski definition) is 1. The van der Waals surface area contributed by atoms with Crippen molar-refractivity contribution in [3.63, 3.8) is 0 Å². The molecule has 0 atom stereocenters. The maximum Gasteiger partial charge on any atom is 0.0349 e. The Morgan fingerprint density at radius 3 is 2.00 bits per heavy atom. The van der Waals surface area contributed by atoms with Gasteiger partial charge in [0.15, 0.2) is 0 Å². The SMILES string of the molecule is CC(C)(C)c1ccc(-c2csc(-c3ccccc3)c2)cc1. The summed E-state index contributed by atoms with van der Waals surface area (Å²) in [5.74, 6) is 0. The molecule has 0 saturated heterocycles. The molecule has 3 rings (SSSR count). The Balaban J connectivity index is 1.90. The summed E-state index contributed by atoms with van der Waals surface area (Å²) in [6.07, 6.45) is 0. The highest BCUT2D eigenvalue weighted by Crippen LogP contribution is 2.33. The summed E-state index contributed by atoms with van der Waals surface area (Å²) in [5, 5.41) is 2.24. The molecule has 0 spiro atoms. The van der Waals surface area contributed by atoms with Crippen molar-refractivity contribution in [2.24, 2.45) is 0 Å². The minimum Gasteiger partial charge on any atom is -0.143 e. The lowest BCUT2D eigenvalue weighted by atomic mass is 9.86. The molecule has 106 valence electrons. The maximum atomic E-state index is 2.28. The summed E-state index contributed by atoms with van der Waals surface area (Å²) < 4.78 is 0. The van der Waals surface area contributed by atoms with Crippen LogP contribution in [0.15, 0.2) is 66.0 Å². The van der Waals surface area contributed by atoms with Crippen molar-refractivity contribution in [1.82, 2.24) is 0 Å². The van der Waals surface area contributed by atoms with Crippen LogP contribution in [0.5, 0.6) is 0 Å². The average Bonchev–Trinajstić information content (AvgIpc) is 2.97. The third kappa shape index (κ3) is 3.08. The summed E-state index contributed by atoms with van der Waals surface area (Å²) >= 11 is 1.81. The van der Waals surface area contributed by atoms with Gasteiger partial charge in [-0.25, -0.2) is 0 Å². The van der Waals surface area contributed by atoms with Crippen molar-refractivity contribution < 1.29 is 0 Å². The second-order valence-corrected chi connectivity index (χ2v) is 7.30. The lowest BCUT2D eigenvalue weighted by Crippen LogP contribution is -2.10. The third-order valence-electron chi connectivity index (χ3n) is 3.74. The molecule has 0 radical (unpaired) electrons. The van der Waals surface area contributed by atoms with Crippen LogP contribution in [-0.2, 0) is 5.41 Å². The van der Waals surface area contributed by atoms with Crippen LogP contribution in [-0.4, -0.2) is 0 Å². The van der Waals surface area contributed by atoms with Crippen molar-refractivity contribution in [2.45, 2.75) is 26.2 Å². The molecule has 0 fully saturated rings. The quantitative estimate of drug-likeness (QED) is 0.514. The highest BCUT2D eigenvalue weighted by atomic mass is 32.1. The second kappa shape index (κ2) is 5.50. The highest BCUT2D eigenvalue weighted by Gasteiger charge is 2.13. The number of hydrogen-bond donors (Lipinski definition) is 0. The van der Waals surface area contributed by atoms with E-state index in [4.69, 9.17) is 0 Å². The molecule has 0 aliphatic carbocycles. The van der Waals surface area contributed by atoms with Crippen molar-refractivity contribution >= 4 is 11.3 Å². The Kier molecular flexibility index (Phi) is 3.69. The van der Waals surface area contributed by atoms with E-state index >= 15 is 0 Å². The molecule has 1 heteroatoms. The van der Waals surface area contributed by atoms with E-state index < -0.39 is 0 Å². The molecule has 0 N–H and O–H groups in total. The highest BCUT2D eigenvalue weighted by molar-refractivity contribution is 7.14. The molecule has 3 aromatic rings. The Morgan fingerprint density at radius 2 is 1.38 bits per heavy atom. The minimum atomic E-state index is 0.211. The van der Waals surface area contributed by atoms with E-state index in [0.29, 0.717) is 0 Å². The van der Waals surface area contributed by atoms with E-state index in [1.165, 1.54) is 27.1 Å². The van der Waals surface area contributed by atoms with Crippen LogP contribution in [0, 0.1) is 0 Å². The zero-order chi connectivity index (χ0) is 14.9. The van der Waals surface area contributed by atoms with Gasteiger partial charge in [-0.15, -0.1) is 11.3 Å². The monoisotopic (exact) mass is 292 g/mol. The van der Waals surface area contributed by atoms with Crippen LogP contribution >= 0.6 is 11.3 Å². The fourth-order valence-corrected chi connectivity index (χ4v) is 3.33. The molecule has 21 heavy (non-hydrogen) atoms. The largest absolute Gasteiger partial charge is 0.143 e. The molecule has 0 bridgehead atoms. The zero-order valence-corrected chi connectivity index (χ0v) is 13.6. The lowest BCUT2D eigenvalue weighted by molar-refractivity contribution is 0.590. The smallest absolute Gasteiger partial charge is 0.0349 e. The molecule has 0 amide bonds. The van der Waals surface area contributed by atoms with Gasteiger partial charge in [0.25, 0.3) is 0 Å². The molecule has 0 aliphatic heterocycles. The van der Waals surface area contributed by atoms with Gasteiger partial charge in [-0.05, 0) is 39.1 Å². The van der Waals surface area contributed by atoms with E-state index in [1.807, 2.05) is 11.3 Å². The standard InChI is InChI=1S/C20H20S/c1-20(2,3)18-11-9-15(10-12-18)17-13-19(21-14-17)16-7-5-4-6-8-16/h4-14H,1-3H3. The van der Waals surface area contributed by atoms with E-state index in [9.17, 15) is 0 Å². The van der Waals surface area contributed by atoms with Gasteiger partial charge in [-0.3, -0.25) is 0 Å². The minimum absolute atomic E-state index is 0.211. The summed E-state index contributed by atoms with van der Waals surface area (Å²) in [7, 11) is 0. The Labute approximate surface area is 131 Å². The van der Waals surface area contributed by atoms with Crippen LogP contribution in [0.4, 0.5) is 0 Å². The van der Waals surface area contributed by atoms with Gasteiger partial charge >= 0.3 is 0 Å². The second-order valence-electron chi connectivity index (χ2n) is 6.39. The predicted molar refractivity (Wildman–Crippen MR) is 93.9 cm³/mol. The summed E-state index contributed by atoms with van der Waals surface area (Å²) in [4.78, 5) is 1.32. The molecular formula is C20H20S. The predicted octanol–water partition coefficient (Wildman–Crippen LogP) is 6.38. The van der Waals surface area contributed by atoms with Crippen molar-refractivity contribution in [2.75, 3.05) is 0 Å². The number of benzene rings is 2. The first-order valence-corrected chi connectivity index (χ1v) is 8.17. The van der Waals surface area contributed by atoms with Gasteiger partial charge in [0.05, 0.1) is 0 Å². The zero-order valence-electron chi connectivity index (χ0n) is 12.8. The Hall–Kier alpha value is -1.86. The molecule has 1 aromatic heterocycles. The lowest BCUT2D eigenvalue weighted by Gasteiger charge is -2.19. The van der Waals surface area contributed by atoms with Gasteiger partial charge < -0.3 is 0 Å². The molecular weight excluding hydrogens is 272 g/mol. The Bertz CT molecular complexity index is 713. The fraction of sp³-hybridized carbons (Fsp3) is 0.200. The van der Waals surface area contributed by atoms with Gasteiger partial charge in [0.2, 0.25) is 0 Å². The number of rotatable bonds is 2. The van der Waals surface area contributed by atoms with Crippen LogP contribution in [0.2, 0.25) is 0 Å². The average molecular weight is 292 g/mol. The first-order valence-electron chi connectivity index (χ1n) is 7.29.